The van der Waals surface area contributed by atoms with Crippen molar-refractivity contribution in [2.45, 2.75) is 32.4 Å². The van der Waals surface area contributed by atoms with E-state index >= 15 is 0 Å². The number of aromatic amines is 1. The van der Waals surface area contributed by atoms with Crippen molar-refractivity contribution in [2.24, 2.45) is 0 Å². The zero-order chi connectivity index (χ0) is 22.4. The first-order chi connectivity index (χ1) is 14.9. The number of carbonyl (C=O) groups is 3. The normalized spacial score (nSPS) is 12.6. The molecule has 162 valence electrons. The molecule has 8 heteroatoms. The monoisotopic (exact) mass is 423 g/mol. The molecular formula is C23H25N3O5. The average molecular weight is 423 g/mol. The Morgan fingerprint density at radius 1 is 1.06 bits per heavy atom. The first-order valence-electron chi connectivity index (χ1n) is 9.85. The molecule has 0 spiro atoms. The van der Waals surface area contributed by atoms with Crippen LogP contribution in [0.2, 0.25) is 0 Å². The molecule has 0 unspecified atom stereocenters. The Bertz CT molecular complexity index is 1070. The third-order valence-corrected chi connectivity index (χ3v) is 4.78. The van der Waals surface area contributed by atoms with E-state index in [4.69, 9.17) is 9.47 Å². The number of anilines is 1. The number of rotatable bonds is 8. The van der Waals surface area contributed by atoms with Crippen molar-refractivity contribution >= 4 is 34.4 Å². The summed E-state index contributed by atoms with van der Waals surface area (Å²) in [5.74, 6) is -0.866. The lowest BCUT2D eigenvalue weighted by molar-refractivity contribution is -0.156. The summed E-state index contributed by atoms with van der Waals surface area (Å²) < 4.78 is 10.4. The second-order valence-electron chi connectivity index (χ2n) is 7.11. The van der Waals surface area contributed by atoms with Crippen molar-refractivity contribution in [3.05, 3.63) is 60.3 Å². The molecule has 2 atom stereocenters. The topological polar surface area (TPSA) is 110 Å². The molecule has 1 aromatic heterocycles. The van der Waals surface area contributed by atoms with Gasteiger partial charge >= 0.3 is 5.97 Å². The standard InChI is InChI=1S/C23H25N3O5/c1-14(22(28)26-17-8-10-18(30-3)11-9-17)31-23(29)21(25-15(2)27)12-16-13-24-20-7-5-4-6-19(16)20/h4-11,13-14,21,24H,12H2,1-3H3,(H,25,27)(H,26,28)/t14-,21-/m0/s1. The van der Waals surface area contributed by atoms with Crippen molar-refractivity contribution in [1.29, 1.82) is 0 Å². The summed E-state index contributed by atoms with van der Waals surface area (Å²) in [5.41, 5.74) is 2.34. The Morgan fingerprint density at radius 3 is 2.45 bits per heavy atom. The summed E-state index contributed by atoms with van der Waals surface area (Å²) >= 11 is 0. The number of methoxy groups -OCH3 is 1. The molecular weight excluding hydrogens is 398 g/mol. The van der Waals surface area contributed by atoms with E-state index in [-0.39, 0.29) is 12.3 Å². The predicted octanol–water partition coefficient (Wildman–Crippen LogP) is 2.79. The fraction of sp³-hybridized carbons (Fsp3) is 0.261. The van der Waals surface area contributed by atoms with E-state index in [0.29, 0.717) is 11.4 Å². The Kier molecular flexibility index (Phi) is 6.92. The highest BCUT2D eigenvalue weighted by Gasteiger charge is 2.27. The molecule has 31 heavy (non-hydrogen) atoms. The van der Waals surface area contributed by atoms with Gasteiger partial charge in [0.05, 0.1) is 7.11 Å². The number of fused-ring (bicyclic) bond motifs is 1. The highest BCUT2D eigenvalue weighted by atomic mass is 16.5. The van der Waals surface area contributed by atoms with Crippen LogP contribution in [0.5, 0.6) is 5.75 Å². The van der Waals surface area contributed by atoms with E-state index in [1.807, 2.05) is 24.3 Å². The molecule has 2 aromatic carbocycles. The predicted molar refractivity (Wildman–Crippen MR) is 117 cm³/mol. The highest BCUT2D eigenvalue weighted by molar-refractivity contribution is 5.96. The second-order valence-corrected chi connectivity index (χ2v) is 7.11. The number of benzene rings is 2. The fourth-order valence-corrected chi connectivity index (χ4v) is 3.19. The minimum Gasteiger partial charge on any atom is -0.497 e. The summed E-state index contributed by atoms with van der Waals surface area (Å²) in [4.78, 5) is 40.0. The molecule has 8 nitrogen and oxygen atoms in total. The first kappa shape index (κ1) is 21.9. The molecule has 1 heterocycles. The van der Waals surface area contributed by atoms with Crippen LogP contribution >= 0.6 is 0 Å². The van der Waals surface area contributed by atoms with E-state index in [9.17, 15) is 14.4 Å². The van der Waals surface area contributed by atoms with Crippen molar-refractivity contribution < 1.29 is 23.9 Å². The van der Waals surface area contributed by atoms with Gasteiger partial charge in [-0.25, -0.2) is 4.79 Å². The van der Waals surface area contributed by atoms with Gasteiger partial charge in [0.15, 0.2) is 6.10 Å². The quantitative estimate of drug-likeness (QED) is 0.483. The van der Waals surface area contributed by atoms with Gasteiger partial charge in [-0.2, -0.15) is 0 Å². The molecule has 0 aliphatic carbocycles. The molecule has 0 aliphatic heterocycles. The molecule has 0 radical (unpaired) electrons. The zero-order valence-electron chi connectivity index (χ0n) is 17.6. The fourth-order valence-electron chi connectivity index (χ4n) is 3.19. The molecule has 2 amide bonds. The van der Waals surface area contributed by atoms with E-state index in [1.54, 1.807) is 37.6 Å². The average Bonchev–Trinajstić information content (AvgIpc) is 3.16. The van der Waals surface area contributed by atoms with Crippen molar-refractivity contribution in [3.63, 3.8) is 0 Å². The van der Waals surface area contributed by atoms with Crippen LogP contribution in [0.3, 0.4) is 0 Å². The maximum atomic E-state index is 12.7. The van der Waals surface area contributed by atoms with Crippen LogP contribution < -0.4 is 15.4 Å². The van der Waals surface area contributed by atoms with Gasteiger partial charge in [-0.05, 0) is 42.8 Å². The number of hydrogen-bond donors (Lipinski definition) is 3. The zero-order valence-corrected chi connectivity index (χ0v) is 17.6. The van der Waals surface area contributed by atoms with Crippen LogP contribution in [0.25, 0.3) is 10.9 Å². The Morgan fingerprint density at radius 2 is 1.77 bits per heavy atom. The van der Waals surface area contributed by atoms with Gasteiger partial charge in [0, 0.05) is 36.1 Å². The largest absolute Gasteiger partial charge is 0.497 e. The summed E-state index contributed by atoms with van der Waals surface area (Å²) in [6.07, 6.45) is 0.982. The first-order valence-corrected chi connectivity index (χ1v) is 9.85. The number of para-hydroxylation sites is 1. The Labute approximate surface area is 179 Å². The highest BCUT2D eigenvalue weighted by Crippen LogP contribution is 2.20. The number of nitrogens with one attached hydrogen (secondary N) is 3. The van der Waals surface area contributed by atoms with Gasteiger partial charge in [-0.1, -0.05) is 18.2 Å². The van der Waals surface area contributed by atoms with Crippen molar-refractivity contribution in [1.82, 2.24) is 10.3 Å². The van der Waals surface area contributed by atoms with Crippen molar-refractivity contribution in [3.8, 4) is 5.75 Å². The van der Waals surface area contributed by atoms with Crippen LogP contribution in [0.4, 0.5) is 5.69 Å². The van der Waals surface area contributed by atoms with Crippen LogP contribution in [0.15, 0.2) is 54.7 Å². The molecule has 3 aromatic rings. The molecule has 0 saturated heterocycles. The summed E-state index contributed by atoms with van der Waals surface area (Å²) in [7, 11) is 1.55. The van der Waals surface area contributed by atoms with Crippen LogP contribution in [0.1, 0.15) is 19.4 Å². The van der Waals surface area contributed by atoms with Crippen LogP contribution in [-0.4, -0.2) is 42.0 Å². The summed E-state index contributed by atoms with van der Waals surface area (Å²) in [5, 5.41) is 6.25. The maximum Gasteiger partial charge on any atom is 0.329 e. The lowest BCUT2D eigenvalue weighted by atomic mass is 10.0. The number of H-pyrrole nitrogens is 1. The number of carbonyl (C=O) groups excluding carboxylic acids is 3. The maximum absolute atomic E-state index is 12.7. The molecule has 0 bridgehead atoms. The number of hydrogen-bond acceptors (Lipinski definition) is 5. The van der Waals surface area contributed by atoms with Gasteiger partial charge in [-0.3, -0.25) is 9.59 Å². The number of aromatic nitrogens is 1. The third kappa shape index (κ3) is 5.63. The number of amides is 2. The van der Waals surface area contributed by atoms with Gasteiger partial charge in [-0.15, -0.1) is 0 Å². The Hall–Kier alpha value is -3.81. The third-order valence-electron chi connectivity index (χ3n) is 4.78. The van der Waals surface area contributed by atoms with E-state index < -0.39 is 24.0 Å². The summed E-state index contributed by atoms with van der Waals surface area (Å²) in [6, 6.07) is 13.5. The molecule has 3 rings (SSSR count). The Balaban J connectivity index is 1.66. The van der Waals surface area contributed by atoms with Gasteiger partial charge in [0.2, 0.25) is 5.91 Å². The number of ether oxygens (including phenoxy) is 2. The molecule has 3 N–H and O–H groups in total. The molecule has 0 aliphatic rings. The van der Waals surface area contributed by atoms with E-state index in [1.165, 1.54) is 13.8 Å². The number of esters is 1. The van der Waals surface area contributed by atoms with Gasteiger partial charge < -0.3 is 25.1 Å². The second kappa shape index (κ2) is 9.80. The molecule has 0 saturated carbocycles. The van der Waals surface area contributed by atoms with Crippen molar-refractivity contribution in [2.75, 3.05) is 12.4 Å². The van der Waals surface area contributed by atoms with Crippen LogP contribution in [-0.2, 0) is 25.5 Å². The van der Waals surface area contributed by atoms with E-state index in [2.05, 4.69) is 15.6 Å². The summed E-state index contributed by atoms with van der Waals surface area (Å²) in [6.45, 7) is 2.81. The minimum atomic E-state index is -1.05. The SMILES string of the molecule is COc1ccc(NC(=O)[C@H](C)OC(=O)[C@H](Cc2c[nH]c3ccccc23)NC(C)=O)cc1. The lowest BCUT2D eigenvalue weighted by Crippen LogP contribution is -2.44. The minimum absolute atomic E-state index is 0.231. The van der Waals surface area contributed by atoms with Crippen LogP contribution in [0, 0.1) is 0 Å². The molecule has 0 fully saturated rings. The van der Waals surface area contributed by atoms with Gasteiger partial charge in [0.25, 0.3) is 5.91 Å². The lowest BCUT2D eigenvalue weighted by Gasteiger charge is -2.20. The smallest absolute Gasteiger partial charge is 0.329 e. The van der Waals surface area contributed by atoms with E-state index in [0.717, 1.165) is 16.5 Å². The van der Waals surface area contributed by atoms with Gasteiger partial charge in [0.1, 0.15) is 11.8 Å².